The Kier molecular flexibility index (Phi) is 4.81. The molecule has 2 heterocycles. The van der Waals surface area contributed by atoms with Crippen molar-refractivity contribution in [3.05, 3.63) is 70.5 Å². The molecule has 0 saturated carbocycles. The van der Waals surface area contributed by atoms with Crippen LogP contribution in [0.1, 0.15) is 34.6 Å². The monoisotopic (exact) mass is 359 g/mol. The van der Waals surface area contributed by atoms with Crippen molar-refractivity contribution in [2.75, 3.05) is 0 Å². The van der Waals surface area contributed by atoms with E-state index < -0.39 is 11.7 Å². The molecule has 0 fully saturated rings. The average molecular weight is 360 g/mol. The van der Waals surface area contributed by atoms with E-state index in [1.807, 2.05) is 6.92 Å². The Labute approximate surface area is 148 Å². The quantitative estimate of drug-likeness (QED) is 0.752. The number of aryl methyl sites for hydroxylation is 1. The Morgan fingerprint density at radius 1 is 1.28 bits per heavy atom. The zero-order valence-corrected chi connectivity index (χ0v) is 14.3. The van der Waals surface area contributed by atoms with Gasteiger partial charge in [-0.25, -0.2) is 4.39 Å². The molecule has 0 aliphatic carbocycles. The van der Waals surface area contributed by atoms with Crippen LogP contribution in [0.4, 0.5) is 4.39 Å². The number of halogens is 2. The molecule has 1 aromatic carbocycles. The van der Waals surface area contributed by atoms with Crippen molar-refractivity contribution >= 4 is 17.5 Å². The van der Waals surface area contributed by atoms with Crippen LogP contribution in [0.2, 0.25) is 5.02 Å². The third kappa shape index (κ3) is 3.39. The van der Waals surface area contributed by atoms with Gasteiger partial charge in [0.15, 0.2) is 0 Å². The molecule has 0 bridgehead atoms. The third-order valence-corrected chi connectivity index (χ3v) is 4.16. The highest BCUT2D eigenvalue weighted by molar-refractivity contribution is 6.33. The van der Waals surface area contributed by atoms with Gasteiger partial charge in [0, 0.05) is 12.4 Å². The summed E-state index contributed by atoms with van der Waals surface area (Å²) in [6.07, 6.45) is 3.29. The largest absolute Gasteiger partial charge is 0.360 e. The minimum Gasteiger partial charge on any atom is -0.360 e. The Morgan fingerprint density at radius 3 is 2.68 bits per heavy atom. The van der Waals surface area contributed by atoms with Gasteiger partial charge >= 0.3 is 0 Å². The topological polar surface area (TPSA) is 68.0 Å². The second-order valence-corrected chi connectivity index (χ2v) is 5.94. The highest BCUT2D eigenvalue weighted by atomic mass is 35.5. The van der Waals surface area contributed by atoms with Crippen molar-refractivity contribution in [1.29, 1.82) is 0 Å². The number of hydrogen-bond donors (Lipinski definition) is 1. The van der Waals surface area contributed by atoms with Crippen LogP contribution in [0.25, 0.3) is 11.3 Å². The number of hydrogen-bond acceptors (Lipinski definition) is 4. The van der Waals surface area contributed by atoms with E-state index in [9.17, 15) is 9.18 Å². The molecular formula is C18H15ClFN3O2. The van der Waals surface area contributed by atoms with Crippen molar-refractivity contribution in [2.24, 2.45) is 0 Å². The molecule has 1 N–H and O–H groups in total. The zero-order chi connectivity index (χ0) is 18.0. The molecule has 7 heteroatoms. The molecular weight excluding hydrogens is 345 g/mol. The van der Waals surface area contributed by atoms with Gasteiger partial charge in [-0.2, -0.15) is 0 Å². The number of carbonyl (C=O) groups excluding carboxylic acids is 1. The maximum Gasteiger partial charge on any atom is 0.257 e. The molecule has 0 spiro atoms. The average Bonchev–Trinajstić information content (AvgIpc) is 2.97. The minimum atomic E-state index is -0.572. The van der Waals surface area contributed by atoms with Crippen LogP contribution >= 0.6 is 11.6 Å². The lowest BCUT2D eigenvalue weighted by atomic mass is 10.0. The first kappa shape index (κ1) is 17.1. The predicted octanol–water partition coefficient (Wildman–Crippen LogP) is 4.33. The lowest BCUT2D eigenvalue weighted by Crippen LogP contribution is -2.27. The summed E-state index contributed by atoms with van der Waals surface area (Å²) in [6, 6.07) is 7.62. The minimum absolute atomic E-state index is 0.0442. The molecule has 3 rings (SSSR count). The first-order chi connectivity index (χ1) is 12.0. The van der Waals surface area contributed by atoms with Crippen LogP contribution in [0, 0.1) is 12.7 Å². The number of nitrogens with one attached hydrogen (secondary N) is 1. The third-order valence-electron chi connectivity index (χ3n) is 3.84. The summed E-state index contributed by atoms with van der Waals surface area (Å²) in [7, 11) is 0. The van der Waals surface area contributed by atoms with Gasteiger partial charge < -0.3 is 9.84 Å². The van der Waals surface area contributed by atoms with E-state index in [1.54, 1.807) is 31.5 Å². The van der Waals surface area contributed by atoms with E-state index in [1.165, 1.54) is 18.2 Å². The zero-order valence-electron chi connectivity index (χ0n) is 13.6. The molecule has 0 radical (unpaired) electrons. The number of pyridine rings is 1. The summed E-state index contributed by atoms with van der Waals surface area (Å²) in [5.41, 5.74) is 1.18. The summed E-state index contributed by atoms with van der Waals surface area (Å²) in [5, 5.41) is 6.85. The number of amides is 1. The van der Waals surface area contributed by atoms with Crippen molar-refractivity contribution in [3.8, 4) is 11.3 Å². The van der Waals surface area contributed by atoms with Gasteiger partial charge in [-0.1, -0.05) is 22.8 Å². The fraction of sp³-hybridized carbons (Fsp3) is 0.167. The van der Waals surface area contributed by atoms with Gasteiger partial charge in [0.25, 0.3) is 5.91 Å². The Bertz CT molecular complexity index is 892. The van der Waals surface area contributed by atoms with Crippen molar-refractivity contribution < 1.29 is 13.7 Å². The van der Waals surface area contributed by atoms with E-state index in [4.69, 9.17) is 16.1 Å². The smallest absolute Gasteiger partial charge is 0.257 e. The summed E-state index contributed by atoms with van der Waals surface area (Å²) in [6.45, 7) is 3.43. The highest BCUT2D eigenvalue weighted by Crippen LogP contribution is 2.33. The second kappa shape index (κ2) is 7.03. The number of rotatable bonds is 4. The van der Waals surface area contributed by atoms with Crippen LogP contribution < -0.4 is 5.32 Å². The van der Waals surface area contributed by atoms with Crippen LogP contribution in [0.3, 0.4) is 0 Å². The standard InChI is InChI=1S/C18H15ClFN3O2/c1-10(12-6-8-21-9-7-12)22-18(24)15-11(2)25-23-17(15)16-13(19)4-3-5-14(16)20/h3-10H,1-2H3,(H,22,24)/t10-/m0/s1. The normalized spacial score (nSPS) is 12.0. The van der Waals surface area contributed by atoms with Crippen LogP contribution in [0.15, 0.2) is 47.2 Å². The van der Waals surface area contributed by atoms with E-state index in [2.05, 4.69) is 15.5 Å². The van der Waals surface area contributed by atoms with Crippen LogP contribution in [0.5, 0.6) is 0 Å². The number of benzene rings is 1. The van der Waals surface area contributed by atoms with Crippen LogP contribution in [-0.2, 0) is 0 Å². The molecule has 2 aromatic heterocycles. The maximum absolute atomic E-state index is 14.2. The molecule has 5 nitrogen and oxygen atoms in total. The lowest BCUT2D eigenvalue weighted by Gasteiger charge is -2.14. The maximum atomic E-state index is 14.2. The van der Waals surface area contributed by atoms with Gasteiger partial charge in [0.2, 0.25) is 0 Å². The van der Waals surface area contributed by atoms with E-state index >= 15 is 0 Å². The fourth-order valence-electron chi connectivity index (χ4n) is 2.54. The van der Waals surface area contributed by atoms with Gasteiger partial charge in [0.05, 0.1) is 16.6 Å². The first-order valence-electron chi connectivity index (χ1n) is 7.60. The summed E-state index contributed by atoms with van der Waals surface area (Å²) in [4.78, 5) is 16.7. The molecule has 128 valence electrons. The predicted molar refractivity (Wildman–Crippen MR) is 91.8 cm³/mol. The number of carbonyl (C=O) groups is 1. The molecule has 3 aromatic rings. The van der Waals surface area contributed by atoms with E-state index in [0.29, 0.717) is 0 Å². The SMILES string of the molecule is Cc1onc(-c2c(F)cccc2Cl)c1C(=O)N[C@@H](C)c1ccncc1. The molecule has 0 aliphatic heterocycles. The van der Waals surface area contributed by atoms with Gasteiger partial charge in [-0.15, -0.1) is 0 Å². The Morgan fingerprint density at radius 2 is 2.00 bits per heavy atom. The molecule has 1 atom stereocenters. The van der Waals surface area contributed by atoms with Crippen LogP contribution in [-0.4, -0.2) is 16.0 Å². The molecule has 25 heavy (non-hydrogen) atoms. The lowest BCUT2D eigenvalue weighted by molar-refractivity contribution is 0.0939. The van der Waals surface area contributed by atoms with E-state index in [-0.39, 0.29) is 33.6 Å². The van der Waals surface area contributed by atoms with Crippen molar-refractivity contribution in [1.82, 2.24) is 15.5 Å². The summed E-state index contributed by atoms with van der Waals surface area (Å²) >= 11 is 6.09. The summed E-state index contributed by atoms with van der Waals surface area (Å²) < 4.78 is 19.3. The fourth-order valence-corrected chi connectivity index (χ4v) is 2.79. The first-order valence-corrected chi connectivity index (χ1v) is 7.98. The number of aromatic nitrogens is 2. The molecule has 0 unspecified atom stereocenters. The number of nitrogens with zero attached hydrogens (tertiary/aromatic N) is 2. The molecule has 1 amide bonds. The molecule has 0 aliphatic rings. The summed E-state index contributed by atoms with van der Waals surface area (Å²) in [5.74, 6) is -0.705. The Hall–Kier alpha value is -2.73. The van der Waals surface area contributed by atoms with Crippen molar-refractivity contribution in [3.63, 3.8) is 0 Å². The van der Waals surface area contributed by atoms with Gasteiger partial charge in [-0.05, 0) is 43.7 Å². The second-order valence-electron chi connectivity index (χ2n) is 5.53. The molecule has 0 saturated heterocycles. The Balaban J connectivity index is 1.96. The van der Waals surface area contributed by atoms with Gasteiger partial charge in [0.1, 0.15) is 22.8 Å². The van der Waals surface area contributed by atoms with Gasteiger partial charge in [-0.3, -0.25) is 9.78 Å². The van der Waals surface area contributed by atoms with E-state index in [0.717, 1.165) is 5.56 Å². The highest BCUT2D eigenvalue weighted by Gasteiger charge is 2.26. The van der Waals surface area contributed by atoms with Crippen molar-refractivity contribution in [2.45, 2.75) is 19.9 Å².